The highest BCUT2D eigenvalue weighted by atomic mass is 35.5. The SMILES string of the molecule is NN(Cc1cccc(Cl)c1)c1ccccc1. The molecule has 2 aromatic rings. The summed E-state index contributed by atoms with van der Waals surface area (Å²) in [6.45, 7) is 0.643. The third-order valence-corrected chi connectivity index (χ3v) is 2.56. The molecule has 16 heavy (non-hydrogen) atoms. The molecule has 0 unspecified atom stereocenters. The van der Waals surface area contributed by atoms with Gasteiger partial charge in [0.15, 0.2) is 0 Å². The van der Waals surface area contributed by atoms with Crippen LogP contribution >= 0.6 is 11.6 Å². The predicted octanol–water partition coefficient (Wildman–Crippen LogP) is 3.22. The Morgan fingerprint density at radius 1 is 1.00 bits per heavy atom. The van der Waals surface area contributed by atoms with Gasteiger partial charge in [-0.05, 0) is 29.8 Å². The van der Waals surface area contributed by atoms with Gasteiger partial charge in [0.05, 0.1) is 12.2 Å². The monoisotopic (exact) mass is 232 g/mol. The topological polar surface area (TPSA) is 29.3 Å². The van der Waals surface area contributed by atoms with Crippen molar-refractivity contribution >= 4 is 17.3 Å². The van der Waals surface area contributed by atoms with Crippen LogP contribution in [0.25, 0.3) is 0 Å². The first-order valence-corrected chi connectivity index (χ1v) is 5.45. The molecule has 2 N–H and O–H groups in total. The Morgan fingerprint density at radius 3 is 2.44 bits per heavy atom. The lowest BCUT2D eigenvalue weighted by Gasteiger charge is -2.18. The fourth-order valence-corrected chi connectivity index (χ4v) is 1.76. The third-order valence-electron chi connectivity index (χ3n) is 2.33. The summed E-state index contributed by atoms with van der Waals surface area (Å²) in [7, 11) is 0. The number of nitrogens with two attached hydrogens (primary N) is 1. The zero-order chi connectivity index (χ0) is 11.4. The number of rotatable bonds is 3. The summed E-state index contributed by atoms with van der Waals surface area (Å²) in [5, 5.41) is 2.44. The van der Waals surface area contributed by atoms with Gasteiger partial charge in [0, 0.05) is 5.02 Å². The lowest BCUT2D eigenvalue weighted by molar-refractivity contribution is 0.853. The quantitative estimate of drug-likeness (QED) is 0.650. The van der Waals surface area contributed by atoms with Crippen LogP contribution in [0.5, 0.6) is 0 Å². The Hall–Kier alpha value is -1.51. The van der Waals surface area contributed by atoms with Gasteiger partial charge >= 0.3 is 0 Å². The molecule has 3 heteroatoms. The first-order valence-electron chi connectivity index (χ1n) is 5.07. The zero-order valence-electron chi connectivity index (χ0n) is 8.81. The molecule has 2 aromatic carbocycles. The Balaban J connectivity index is 2.11. The number of hydrogen-bond acceptors (Lipinski definition) is 2. The molecule has 0 radical (unpaired) electrons. The van der Waals surface area contributed by atoms with Crippen molar-refractivity contribution in [1.82, 2.24) is 0 Å². The maximum atomic E-state index is 5.97. The lowest BCUT2D eigenvalue weighted by Crippen LogP contribution is -2.29. The molecule has 0 atom stereocenters. The van der Waals surface area contributed by atoms with Crippen LogP contribution < -0.4 is 10.9 Å². The molecule has 0 heterocycles. The molecule has 2 nitrogen and oxygen atoms in total. The Labute approximate surface area is 100 Å². The van der Waals surface area contributed by atoms with Gasteiger partial charge in [-0.3, -0.25) is 0 Å². The summed E-state index contributed by atoms with van der Waals surface area (Å²) < 4.78 is 0. The number of nitrogens with zero attached hydrogens (tertiary/aromatic N) is 1. The van der Waals surface area contributed by atoms with E-state index in [2.05, 4.69) is 0 Å². The van der Waals surface area contributed by atoms with E-state index in [1.54, 1.807) is 5.01 Å². The predicted molar refractivity (Wildman–Crippen MR) is 68.3 cm³/mol. The minimum absolute atomic E-state index is 0.643. The second kappa shape index (κ2) is 5.01. The number of hydrogen-bond donors (Lipinski definition) is 1. The van der Waals surface area contributed by atoms with E-state index in [0.717, 1.165) is 16.3 Å². The van der Waals surface area contributed by atoms with E-state index in [0.29, 0.717) is 6.54 Å². The van der Waals surface area contributed by atoms with Crippen molar-refractivity contribution in [2.45, 2.75) is 6.54 Å². The molecular formula is C13H13ClN2. The molecule has 0 bridgehead atoms. The van der Waals surface area contributed by atoms with Crippen molar-refractivity contribution in [2.75, 3.05) is 5.01 Å². The van der Waals surface area contributed by atoms with Gasteiger partial charge < -0.3 is 5.01 Å². The normalized spacial score (nSPS) is 10.1. The number of hydrazine groups is 1. The summed E-state index contributed by atoms with van der Waals surface area (Å²) in [6, 6.07) is 17.6. The van der Waals surface area contributed by atoms with Crippen molar-refractivity contribution in [2.24, 2.45) is 5.84 Å². The fourth-order valence-electron chi connectivity index (χ4n) is 1.54. The lowest BCUT2D eigenvalue weighted by atomic mass is 10.2. The van der Waals surface area contributed by atoms with Crippen molar-refractivity contribution in [3.63, 3.8) is 0 Å². The number of anilines is 1. The highest BCUT2D eigenvalue weighted by Gasteiger charge is 2.02. The smallest absolute Gasteiger partial charge is 0.0593 e. The number of benzene rings is 2. The van der Waals surface area contributed by atoms with Crippen LogP contribution in [-0.4, -0.2) is 0 Å². The van der Waals surface area contributed by atoms with E-state index < -0.39 is 0 Å². The van der Waals surface area contributed by atoms with E-state index in [9.17, 15) is 0 Å². The summed E-state index contributed by atoms with van der Waals surface area (Å²) in [6.07, 6.45) is 0. The minimum atomic E-state index is 0.643. The minimum Gasteiger partial charge on any atom is -0.307 e. The van der Waals surface area contributed by atoms with E-state index in [4.69, 9.17) is 17.4 Å². The first-order chi connectivity index (χ1) is 7.75. The fraction of sp³-hybridized carbons (Fsp3) is 0.0769. The van der Waals surface area contributed by atoms with Crippen LogP contribution in [0.15, 0.2) is 54.6 Å². The van der Waals surface area contributed by atoms with E-state index in [1.165, 1.54) is 0 Å². The van der Waals surface area contributed by atoms with Crippen molar-refractivity contribution in [3.05, 3.63) is 65.2 Å². The molecule has 0 saturated heterocycles. The van der Waals surface area contributed by atoms with Crippen molar-refractivity contribution < 1.29 is 0 Å². The van der Waals surface area contributed by atoms with Crippen LogP contribution in [0.2, 0.25) is 5.02 Å². The van der Waals surface area contributed by atoms with E-state index in [1.807, 2.05) is 54.6 Å². The molecule has 0 amide bonds. The van der Waals surface area contributed by atoms with Crippen LogP contribution in [0, 0.1) is 0 Å². The van der Waals surface area contributed by atoms with E-state index >= 15 is 0 Å². The van der Waals surface area contributed by atoms with Gasteiger partial charge in [-0.25, -0.2) is 5.84 Å². The zero-order valence-corrected chi connectivity index (χ0v) is 9.56. The largest absolute Gasteiger partial charge is 0.307 e. The molecule has 0 aliphatic heterocycles. The maximum Gasteiger partial charge on any atom is 0.0593 e. The van der Waals surface area contributed by atoms with Gasteiger partial charge in [0.25, 0.3) is 0 Å². The standard InChI is InChI=1S/C13H13ClN2/c14-12-6-4-5-11(9-12)10-16(15)13-7-2-1-3-8-13/h1-9H,10,15H2. The van der Waals surface area contributed by atoms with Gasteiger partial charge in [-0.1, -0.05) is 41.9 Å². The number of para-hydroxylation sites is 1. The van der Waals surface area contributed by atoms with Crippen LogP contribution in [-0.2, 0) is 6.54 Å². The molecule has 0 aliphatic rings. The Morgan fingerprint density at radius 2 is 1.75 bits per heavy atom. The second-order valence-electron chi connectivity index (χ2n) is 3.59. The van der Waals surface area contributed by atoms with Gasteiger partial charge in [-0.15, -0.1) is 0 Å². The summed E-state index contributed by atoms with van der Waals surface area (Å²) >= 11 is 5.91. The van der Waals surface area contributed by atoms with Crippen LogP contribution in [0.3, 0.4) is 0 Å². The summed E-state index contributed by atoms with van der Waals surface area (Å²) in [5.41, 5.74) is 2.08. The van der Waals surface area contributed by atoms with Crippen LogP contribution in [0.1, 0.15) is 5.56 Å². The average Bonchev–Trinajstić information content (AvgIpc) is 2.30. The Bertz CT molecular complexity index is 456. The molecule has 0 aliphatic carbocycles. The van der Waals surface area contributed by atoms with Crippen molar-refractivity contribution in [3.8, 4) is 0 Å². The molecule has 0 saturated carbocycles. The highest BCUT2D eigenvalue weighted by Crippen LogP contribution is 2.15. The summed E-state index contributed by atoms with van der Waals surface area (Å²) in [4.78, 5) is 0. The maximum absolute atomic E-state index is 5.97. The second-order valence-corrected chi connectivity index (χ2v) is 4.03. The van der Waals surface area contributed by atoms with Gasteiger partial charge in [-0.2, -0.15) is 0 Å². The average molecular weight is 233 g/mol. The first kappa shape index (κ1) is 11.0. The third kappa shape index (κ3) is 2.75. The number of halogens is 1. The molecule has 0 spiro atoms. The highest BCUT2D eigenvalue weighted by molar-refractivity contribution is 6.30. The molecular weight excluding hydrogens is 220 g/mol. The van der Waals surface area contributed by atoms with E-state index in [-0.39, 0.29) is 0 Å². The van der Waals surface area contributed by atoms with Gasteiger partial charge in [0.2, 0.25) is 0 Å². The van der Waals surface area contributed by atoms with Crippen LogP contribution in [0.4, 0.5) is 5.69 Å². The van der Waals surface area contributed by atoms with Gasteiger partial charge in [0.1, 0.15) is 0 Å². The molecule has 2 rings (SSSR count). The molecule has 0 aromatic heterocycles. The molecule has 82 valence electrons. The van der Waals surface area contributed by atoms with Crippen molar-refractivity contribution in [1.29, 1.82) is 0 Å². The summed E-state index contributed by atoms with van der Waals surface area (Å²) in [5.74, 6) is 5.97. The molecule has 0 fully saturated rings. The Kier molecular flexibility index (Phi) is 3.44.